The van der Waals surface area contributed by atoms with Crippen molar-refractivity contribution in [2.75, 3.05) is 4.90 Å². The predicted octanol–water partition coefficient (Wildman–Crippen LogP) is 12.3. The third kappa shape index (κ3) is 5.49. The van der Waals surface area contributed by atoms with Crippen molar-refractivity contribution in [1.82, 2.24) is 4.98 Å². The van der Waals surface area contributed by atoms with Crippen molar-refractivity contribution in [3.05, 3.63) is 181 Å². The molecular formula is C44H32N2O. The SMILES string of the molecule is Cc1cccc2oc(-c3ccc(-c4ccccc4-c4ccccc4-c4ccc(N(c5ccccc5)c5ccccc5)cc4)cc3)nc12. The van der Waals surface area contributed by atoms with Gasteiger partial charge in [0.25, 0.3) is 0 Å². The highest BCUT2D eigenvalue weighted by atomic mass is 16.3. The molecule has 8 rings (SSSR count). The lowest BCUT2D eigenvalue weighted by Gasteiger charge is -2.25. The molecule has 0 N–H and O–H groups in total. The average molecular weight is 605 g/mol. The van der Waals surface area contributed by atoms with Gasteiger partial charge >= 0.3 is 0 Å². The minimum Gasteiger partial charge on any atom is -0.436 e. The van der Waals surface area contributed by atoms with E-state index < -0.39 is 0 Å². The zero-order chi connectivity index (χ0) is 31.6. The largest absolute Gasteiger partial charge is 0.436 e. The molecule has 0 fully saturated rings. The van der Waals surface area contributed by atoms with Crippen molar-refractivity contribution < 1.29 is 4.42 Å². The fraction of sp³-hybridized carbons (Fsp3) is 0.0227. The smallest absolute Gasteiger partial charge is 0.227 e. The third-order valence-corrected chi connectivity index (χ3v) is 8.67. The summed E-state index contributed by atoms with van der Waals surface area (Å²) < 4.78 is 6.10. The number of para-hydroxylation sites is 3. The summed E-state index contributed by atoms with van der Waals surface area (Å²) in [5.74, 6) is 0.640. The number of nitrogens with zero attached hydrogens (tertiary/aromatic N) is 2. The highest BCUT2D eigenvalue weighted by molar-refractivity contribution is 5.92. The van der Waals surface area contributed by atoms with E-state index >= 15 is 0 Å². The van der Waals surface area contributed by atoms with Crippen LogP contribution in [0.25, 0.3) is 55.9 Å². The van der Waals surface area contributed by atoms with Crippen LogP contribution in [0, 0.1) is 6.92 Å². The molecule has 3 nitrogen and oxygen atoms in total. The van der Waals surface area contributed by atoms with Crippen LogP contribution in [0.15, 0.2) is 180 Å². The van der Waals surface area contributed by atoms with Crippen molar-refractivity contribution in [2.45, 2.75) is 6.92 Å². The summed E-state index contributed by atoms with van der Waals surface area (Å²) in [5, 5.41) is 0. The molecule has 47 heavy (non-hydrogen) atoms. The molecule has 3 heteroatoms. The van der Waals surface area contributed by atoms with Gasteiger partial charge in [-0.3, -0.25) is 0 Å². The first-order chi connectivity index (χ1) is 23.2. The van der Waals surface area contributed by atoms with Crippen LogP contribution in [0.2, 0.25) is 0 Å². The summed E-state index contributed by atoms with van der Waals surface area (Å²) in [6.07, 6.45) is 0. The summed E-state index contributed by atoms with van der Waals surface area (Å²) in [5.41, 5.74) is 14.2. The molecule has 0 saturated heterocycles. The summed E-state index contributed by atoms with van der Waals surface area (Å²) >= 11 is 0. The van der Waals surface area contributed by atoms with Crippen LogP contribution in [-0.4, -0.2) is 4.98 Å². The van der Waals surface area contributed by atoms with Gasteiger partial charge in [0.2, 0.25) is 5.89 Å². The number of aromatic nitrogens is 1. The maximum Gasteiger partial charge on any atom is 0.227 e. The van der Waals surface area contributed by atoms with Crippen LogP contribution in [0.4, 0.5) is 17.1 Å². The second kappa shape index (κ2) is 12.3. The van der Waals surface area contributed by atoms with Crippen molar-refractivity contribution >= 4 is 28.2 Å². The van der Waals surface area contributed by atoms with Crippen LogP contribution < -0.4 is 4.90 Å². The molecule has 0 atom stereocenters. The standard InChI is InChI=1S/C44H32N2O/c1-31-13-12-22-42-43(31)45-44(47-42)34-25-23-32(24-26-34)38-18-8-10-20-40(38)41-21-11-9-19-39(41)33-27-29-37(30-28-33)46(35-14-4-2-5-15-35)36-16-6-3-7-17-36/h2-30H,1H3. The molecule has 1 heterocycles. The van der Waals surface area contributed by atoms with E-state index in [4.69, 9.17) is 9.40 Å². The minimum atomic E-state index is 0.640. The van der Waals surface area contributed by atoms with Crippen molar-refractivity contribution in [3.63, 3.8) is 0 Å². The Morgan fingerprint density at radius 2 is 0.851 bits per heavy atom. The Labute approximate surface area is 275 Å². The van der Waals surface area contributed by atoms with Crippen LogP contribution in [-0.2, 0) is 0 Å². The lowest BCUT2D eigenvalue weighted by molar-refractivity contribution is 0.620. The Balaban J connectivity index is 1.14. The Kier molecular flexibility index (Phi) is 7.41. The van der Waals surface area contributed by atoms with Crippen molar-refractivity contribution in [3.8, 4) is 44.8 Å². The first-order valence-electron chi connectivity index (χ1n) is 15.9. The van der Waals surface area contributed by atoms with Crippen LogP contribution in [0.5, 0.6) is 0 Å². The molecule has 0 aliphatic heterocycles. The van der Waals surface area contributed by atoms with Gasteiger partial charge in [-0.15, -0.1) is 0 Å². The second-order valence-electron chi connectivity index (χ2n) is 11.7. The molecular weight excluding hydrogens is 572 g/mol. The Morgan fingerprint density at radius 3 is 1.38 bits per heavy atom. The summed E-state index contributed by atoms with van der Waals surface area (Å²) in [7, 11) is 0. The lowest BCUT2D eigenvalue weighted by atomic mass is 9.89. The molecule has 0 aliphatic rings. The number of hydrogen-bond donors (Lipinski definition) is 0. The van der Waals surface area contributed by atoms with E-state index in [0.29, 0.717) is 5.89 Å². The topological polar surface area (TPSA) is 29.3 Å². The molecule has 0 spiro atoms. The minimum absolute atomic E-state index is 0.640. The molecule has 1 aromatic heterocycles. The van der Waals surface area contributed by atoms with Gasteiger partial charge in [0.05, 0.1) is 0 Å². The molecule has 0 unspecified atom stereocenters. The Hall–Kier alpha value is -6.19. The fourth-order valence-corrected chi connectivity index (χ4v) is 6.33. The number of rotatable bonds is 7. The third-order valence-electron chi connectivity index (χ3n) is 8.67. The van der Waals surface area contributed by atoms with Gasteiger partial charge in [0.1, 0.15) is 5.52 Å². The van der Waals surface area contributed by atoms with Crippen LogP contribution in [0.1, 0.15) is 5.56 Å². The molecule has 0 saturated carbocycles. The number of hydrogen-bond acceptors (Lipinski definition) is 3. The summed E-state index contributed by atoms with van der Waals surface area (Å²) in [4.78, 5) is 7.07. The predicted molar refractivity (Wildman–Crippen MR) is 195 cm³/mol. The van der Waals surface area contributed by atoms with E-state index in [1.165, 1.54) is 27.8 Å². The summed E-state index contributed by atoms with van der Waals surface area (Å²) in [6, 6.07) is 61.8. The number of anilines is 3. The lowest BCUT2D eigenvalue weighted by Crippen LogP contribution is -2.09. The number of aryl methyl sites for hydroxylation is 1. The molecule has 224 valence electrons. The van der Waals surface area contributed by atoms with E-state index in [-0.39, 0.29) is 0 Å². The van der Waals surface area contributed by atoms with Gasteiger partial charge in [0.15, 0.2) is 5.58 Å². The van der Waals surface area contributed by atoms with Gasteiger partial charge in [-0.05, 0) is 100 Å². The van der Waals surface area contributed by atoms with Gasteiger partial charge in [-0.1, -0.05) is 121 Å². The Morgan fingerprint density at radius 1 is 0.404 bits per heavy atom. The van der Waals surface area contributed by atoms with Crippen molar-refractivity contribution in [1.29, 1.82) is 0 Å². The molecule has 7 aromatic carbocycles. The normalized spacial score (nSPS) is 11.1. The first kappa shape index (κ1) is 28.3. The monoisotopic (exact) mass is 604 g/mol. The zero-order valence-electron chi connectivity index (χ0n) is 26.0. The van der Waals surface area contributed by atoms with Gasteiger partial charge in [-0.25, -0.2) is 4.98 Å². The molecule has 0 bridgehead atoms. The number of oxazole rings is 1. The highest BCUT2D eigenvalue weighted by Crippen LogP contribution is 2.40. The van der Waals surface area contributed by atoms with Gasteiger partial charge in [0, 0.05) is 22.6 Å². The highest BCUT2D eigenvalue weighted by Gasteiger charge is 2.16. The van der Waals surface area contributed by atoms with Crippen LogP contribution >= 0.6 is 0 Å². The molecule has 0 aliphatic carbocycles. The van der Waals surface area contributed by atoms with Gasteiger partial charge in [-0.2, -0.15) is 0 Å². The van der Waals surface area contributed by atoms with Crippen molar-refractivity contribution in [2.24, 2.45) is 0 Å². The van der Waals surface area contributed by atoms with Crippen LogP contribution in [0.3, 0.4) is 0 Å². The summed E-state index contributed by atoms with van der Waals surface area (Å²) in [6.45, 7) is 2.06. The first-order valence-corrected chi connectivity index (χ1v) is 15.9. The van der Waals surface area contributed by atoms with E-state index in [0.717, 1.165) is 44.9 Å². The molecule has 8 aromatic rings. The number of benzene rings is 7. The fourth-order valence-electron chi connectivity index (χ4n) is 6.33. The number of fused-ring (bicyclic) bond motifs is 1. The van der Waals surface area contributed by atoms with E-state index in [1.807, 2.05) is 12.1 Å². The Bertz CT molecular complexity index is 2250. The zero-order valence-corrected chi connectivity index (χ0v) is 26.0. The van der Waals surface area contributed by atoms with Gasteiger partial charge < -0.3 is 9.32 Å². The maximum atomic E-state index is 6.10. The molecule has 0 amide bonds. The second-order valence-corrected chi connectivity index (χ2v) is 11.7. The quantitative estimate of drug-likeness (QED) is 0.181. The maximum absolute atomic E-state index is 6.10. The van der Waals surface area contributed by atoms with E-state index in [1.54, 1.807) is 0 Å². The van der Waals surface area contributed by atoms with E-state index in [2.05, 4.69) is 176 Å². The molecule has 0 radical (unpaired) electrons. The average Bonchev–Trinajstić information content (AvgIpc) is 3.59. The van der Waals surface area contributed by atoms with E-state index in [9.17, 15) is 0 Å².